The zero-order chi connectivity index (χ0) is 20.5. The minimum atomic E-state index is -4.57. The molecule has 0 aliphatic heterocycles. The number of halogens is 3. The van der Waals surface area contributed by atoms with E-state index in [9.17, 15) is 18.0 Å². The molecule has 1 aromatic rings. The van der Waals surface area contributed by atoms with E-state index in [1.54, 1.807) is 6.92 Å². The van der Waals surface area contributed by atoms with Crippen molar-refractivity contribution < 1.29 is 18.0 Å². The summed E-state index contributed by atoms with van der Waals surface area (Å²) in [5.74, 6) is -0.948. The Morgan fingerprint density at radius 1 is 1.39 bits per heavy atom. The van der Waals surface area contributed by atoms with Crippen LogP contribution in [0.3, 0.4) is 0 Å². The number of primary amides is 1. The average molecular weight is 397 g/mol. The summed E-state index contributed by atoms with van der Waals surface area (Å²) in [4.78, 5) is 18.9. The molecule has 11 heteroatoms. The molecule has 0 saturated heterocycles. The summed E-state index contributed by atoms with van der Waals surface area (Å²) in [5, 5.41) is 16.8. The molecule has 3 rings (SSSR count). The molecule has 2 saturated carbocycles. The van der Waals surface area contributed by atoms with E-state index in [1.807, 2.05) is 0 Å². The van der Waals surface area contributed by atoms with Crippen LogP contribution < -0.4 is 21.7 Å². The number of rotatable bonds is 9. The van der Waals surface area contributed by atoms with Gasteiger partial charge in [0.15, 0.2) is 0 Å². The van der Waals surface area contributed by atoms with Gasteiger partial charge in [-0.2, -0.15) is 18.2 Å². The van der Waals surface area contributed by atoms with E-state index in [2.05, 4.69) is 25.9 Å². The predicted octanol–water partition coefficient (Wildman–Crippen LogP) is 2.07. The van der Waals surface area contributed by atoms with E-state index in [0.29, 0.717) is 12.2 Å². The van der Waals surface area contributed by atoms with Crippen molar-refractivity contribution in [2.75, 3.05) is 17.2 Å². The normalized spacial score (nSPS) is 21.8. The van der Waals surface area contributed by atoms with Crippen molar-refractivity contribution in [3.63, 3.8) is 0 Å². The third kappa shape index (κ3) is 4.90. The van der Waals surface area contributed by atoms with Crippen LogP contribution in [0.5, 0.6) is 0 Å². The molecule has 8 nitrogen and oxygen atoms in total. The molecule has 1 heterocycles. The second-order valence-corrected chi connectivity index (χ2v) is 6.89. The number of hydrogen-bond donors (Lipinski definition) is 5. The molecule has 0 aromatic carbocycles. The van der Waals surface area contributed by atoms with Crippen molar-refractivity contribution in [1.29, 1.82) is 5.41 Å². The van der Waals surface area contributed by atoms with Crippen molar-refractivity contribution in [3.8, 4) is 0 Å². The summed E-state index contributed by atoms with van der Waals surface area (Å²) in [6.45, 7) is 1.94. The Kier molecular flexibility index (Phi) is 5.43. The van der Waals surface area contributed by atoms with Gasteiger partial charge in [0.25, 0.3) is 0 Å². The topological polar surface area (TPSA) is 129 Å². The van der Waals surface area contributed by atoms with Crippen molar-refractivity contribution >= 4 is 23.4 Å². The molecular weight excluding hydrogens is 375 g/mol. The minimum Gasteiger partial charge on any atom is -0.370 e. The summed E-state index contributed by atoms with van der Waals surface area (Å²) in [6, 6.07) is 0.223. The molecule has 0 unspecified atom stereocenters. The van der Waals surface area contributed by atoms with Gasteiger partial charge in [0.1, 0.15) is 17.2 Å². The fourth-order valence-corrected chi connectivity index (χ4v) is 2.75. The largest absolute Gasteiger partial charge is 0.421 e. The van der Waals surface area contributed by atoms with Crippen LogP contribution in [0.15, 0.2) is 18.1 Å². The molecule has 2 aliphatic rings. The second-order valence-electron chi connectivity index (χ2n) is 6.89. The highest BCUT2D eigenvalue weighted by molar-refractivity contribution is 6.01. The Hall–Kier alpha value is -2.85. The van der Waals surface area contributed by atoms with Gasteiger partial charge < -0.3 is 27.1 Å². The van der Waals surface area contributed by atoms with Gasteiger partial charge in [-0.1, -0.05) is 0 Å². The zero-order valence-corrected chi connectivity index (χ0v) is 15.2. The lowest BCUT2D eigenvalue weighted by Gasteiger charge is -2.16. The molecule has 2 atom stereocenters. The minimum absolute atomic E-state index is 0.0293. The lowest BCUT2D eigenvalue weighted by atomic mass is 10.2. The SMILES string of the molecule is CCNc1nc(N/C(=C/C(=N)[C@H]2C[C@H]2C(N)=O)NC2CC2)ncc1C(F)(F)F. The van der Waals surface area contributed by atoms with Crippen LogP contribution in [0, 0.1) is 17.2 Å². The number of carbonyl (C=O) groups is 1. The molecule has 2 fully saturated rings. The van der Waals surface area contributed by atoms with E-state index in [-0.39, 0.29) is 41.9 Å². The van der Waals surface area contributed by atoms with Crippen molar-refractivity contribution in [1.82, 2.24) is 15.3 Å². The summed E-state index contributed by atoms with van der Waals surface area (Å²) in [7, 11) is 0. The zero-order valence-electron chi connectivity index (χ0n) is 15.2. The fourth-order valence-electron chi connectivity index (χ4n) is 2.75. The number of hydrogen-bond acceptors (Lipinski definition) is 7. The maximum Gasteiger partial charge on any atom is 0.421 e. The molecule has 0 bridgehead atoms. The summed E-state index contributed by atoms with van der Waals surface area (Å²) < 4.78 is 39.3. The van der Waals surface area contributed by atoms with E-state index < -0.39 is 17.6 Å². The lowest BCUT2D eigenvalue weighted by Crippen LogP contribution is -2.25. The highest BCUT2D eigenvalue weighted by Crippen LogP contribution is 2.39. The van der Waals surface area contributed by atoms with Gasteiger partial charge in [-0.3, -0.25) is 4.79 Å². The number of nitrogens with two attached hydrogens (primary N) is 1. The summed E-state index contributed by atoms with van der Waals surface area (Å²) in [6.07, 6.45) is 0.102. The van der Waals surface area contributed by atoms with E-state index >= 15 is 0 Å². The Labute approximate surface area is 159 Å². The van der Waals surface area contributed by atoms with Crippen LogP contribution in [-0.2, 0) is 11.0 Å². The van der Waals surface area contributed by atoms with Crippen LogP contribution >= 0.6 is 0 Å². The molecule has 1 amide bonds. The van der Waals surface area contributed by atoms with Crippen molar-refractivity contribution in [2.45, 2.75) is 38.4 Å². The van der Waals surface area contributed by atoms with Gasteiger partial charge in [0.2, 0.25) is 11.9 Å². The lowest BCUT2D eigenvalue weighted by molar-refractivity contribution is -0.137. The van der Waals surface area contributed by atoms with Crippen molar-refractivity contribution in [3.05, 3.63) is 23.7 Å². The highest BCUT2D eigenvalue weighted by Gasteiger charge is 2.44. The summed E-state index contributed by atoms with van der Waals surface area (Å²) in [5.41, 5.74) is 4.53. The first kappa shape index (κ1) is 19.9. The quantitative estimate of drug-likeness (QED) is 0.406. The number of amides is 1. The smallest absolute Gasteiger partial charge is 0.370 e. The van der Waals surface area contributed by atoms with E-state index in [4.69, 9.17) is 11.1 Å². The van der Waals surface area contributed by atoms with Crippen LogP contribution in [-0.4, -0.2) is 34.2 Å². The van der Waals surface area contributed by atoms with Gasteiger partial charge in [0, 0.05) is 36.3 Å². The Bertz CT molecular complexity index is 804. The highest BCUT2D eigenvalue weighted by atomic mass is 19.4. The third-order valence-electron chi connectivity index (χ3n) is 4.48. The number of alkyl halides is 3. The molecule has 28 heavy (non-hydrogen) atoms. The van der Waals surface area contributed by atoms with Gasteiger partial charge in [-0.25, -0.2) is 4.98 Å². The molecule has 0 radical (unpaired) electrons. The van der Waals surface area contributed by atoms with Crippen LogP contribution in [0.4, 0.5) is 24.9 Å². The number of anilines is 2. The van der Waals surface area contributed by atoms with Crippen LogP contribution in [0.25, 0.3) is 0 Å². The number of nitrogens with one attached hydrogen (secondary N) is 4. The third-order valence-corrected chi connectivity index (χ3v) is 4.48. The maximum absolute atomic E-state index is 13.1. The Morgan fingerprint density at radius 2 is 2.11 bits per heavy atom. The van der Waals surface area contributed by atoms with Gasteiger partial charge in [-0.05, 0) is 32.3 Å². The first-order valence-electron chi connectivity index (χ1n) is 9.00. The number of carbonyl (C=O) groups excluding carboxylic acids is 1. The van der Waals surface area contributed by atoms with E-state index in [0.717, 1.165) is 19.0 Å². The number of aromatic nitrogens is 2. The summed E-state index contributed by atoms with van der Waals surface area (Å²) >= 11 is 0. The fraction of sp³-hybridized carbons (Fsp3) is 0.529. The molecule has 1 aromatic heterocycles. The maximum atomic E-state index is 13.1. The molecule has 152 valence electrons. The monoisotopic (exact) mass is 397 g/mol. The Morgan fingerprint density at radius 3 is 2.64 bits per heavy atom. The molecule has 2 aliphatic carbocycles. The molecule has 0 spiro atoms. The number of nitrogens with zero attached hydrogens (tertiary/aromatic N) is 2. The van der Waals surface area contributed by atoms with E-state index in [1.165, 1.54) is 6.08 Å². The van der Waals surface area contributed by atoms with Crippen LogP contribution in [0.2, 0.25) is 0 Å². The first-order chi connectivity index (χ1) is 13.2. The van der Waals surface area contributed by atoms with Gasteiger partial charge in [0.05, 0.1) is 0 Å². The number of allylic oxidation sites excluding steroid dienone is 1. The first-order valence-corrected chi connectivity index (χ1v) is 9.00. The van der Waals surface area contributed by atoms with Crippen molar-refractivity contribution in [2.24, 2.45) is 17.6 Å². The van der Waals surface area contributed by atoms with Gasteiger partial charge in [-0.15, -0.1) is 0 Å². The van der Waals surface area contributed by atoms with Gasteiger partial charge >= 0.3 is 6.18 Å². The second kappa shape index (κ2) is 7.64. The van der Waals surface area contributed by atoms with Crippen LogP contribution in [0.1, 0.15) is 31.7 Å². The standard InChI is InChI=1S/C17H22F3N7O/c1-2-23-15-11(17(18,19)20)7-24-16(27-15)26-13(25-8-3-4-8)6-12(21)9-5-10(9)14(22)28/h6-10,21,25H,2-5H2,1H3,(H2,22,28)(H2,23,24,26,27)/b13-6+,21-12?/t9-,10+/m0/s1. The molecular formula is C17H22F3N7O. The molecule has 6 N–H and O–H groups in total. The average Bonchev–Trinajstić information content (AvgIpc) is 3.48. The predicted molar refractivity (Wildman–Crippen MR) is 97.6 cm³/mol. The Balaban J connectivity index is 1.79.